The molecule has 1 aromatic rings. The molecule has 1 heterocycles. The van der Waals surface area contributed by atoms with Crippen molar-refractivity contribution in [1.29, 1.82) is 0 Å². The molecule has 0 N–H and O–H groups in total. The normalized spacial score (nSPS) is 22.1. The fraction of sp³-hybridized carbons (Fsp3) is 0.571. The molecule has 6 heteroatoms. The highest BCUT2D eigenvalue weighted by Crippen LogP contribution is 2.18. The van der Waals surface area contributed by atoms with Crippen molar-refractivity contribution in [2.75, 3.05) is 26.7 Å². The predicted octanol–water partition coefficient (Wildman–Crippen LogP) is 1.89. The van der Waals surface area contributed by atoms with Crippen molar-refractivity contribution in [2.45, 2.75) is 24.6 Å². The van der Waals surface area contributed by atoms with Crippen molar-refractivity contribution in [3.63, 3.8) is 0 Å². The molecule has 1 saturated heterocycles. The van der Waals surface area contributed by atoms with Gasteiger partial charge in [0.25, 0.3) is 0 Å². The van der Waals surface area contributed by atoms with Gasteiger partial charge in [0.2, 0.25) is 10.0 Å². The third kappa shape index (κ3) is 3.73. The van der Waals surface area contributed by atoms with Crippen LogP contribution in [-0.4, -0.2) is 50.3 Å². The minimum Gasteiger partial charge on any atom is -0.303 e. The molecule has 0 amide bonds. The van der Waals surface area contributed by atoms with Crippen LogP contribution in [0.25, 0.3) is 0 Å². The van der Waals surface area contributed by atoms with Crippen molar-refractivity contribution in [1.82, 2.24) is 9.21 Å². The van der Waals surface area contributed by atoms with E-state index in [0.29, 0.717) is 12.4 Å². The van der Waals surface area contributed by atoms with Gasteiger partial charge in [-0.25, -0.2) is 8.42 Å². The maximum Gasteiger partial charge on any atom is 0.218 e. The van der Waals surface area contributed by atoms with Crippen LogP contribution in [0.2, 0.25) is 0 Å². The van der Waals surface area contributed by atoms with Gasteiger partial charge in [0.15, 0.2) is 0 Å². The van der Waals surface area contributed by atoms with Gasteiger partial charge >= 0.3 is 0 Å². The number of sulfonamides is 1. The van der Waals surface area contributed by atoms with E-state index in [9.17, 15) is 8.42 Å². The summed E-state index contributed by atoms with van der Waals surface area (Å²) < 4.78 is 26.6. The fourth-order valence-electron chi connectivity index (χ4n) is 2.55. The van der Waals surface area contributed by atoms with E-state index in [0.717, 1.165) is 24.2 Å². The summed E-state index contributed by atoms with van der Waals surface area (Å²) in [5.41, 5.74) is 1.81. The standard InChI is InChI=1S/C14H21ClN2O2S/c1-12-10-16(2)7-8-17(12)20(18,19)11-14-5-3-13(9-15)4-6-14/h3-6,12H,7-11H2,1-2H3. The number of alkyl halides is 1. The van der Waals surface area contributed by atoms with E-state index in [1.165, 1.54) is 0 Å². The van der Waals surface area contributed by atoms with Crippen LogP contribution in [0.15, 0.2) is 24.3 Å². The molecule has 0 spiro atoms. The number of benzene rings is 1. The lowest BCUT2D eigenvalue weighted by atomic mass is 10.2. The van der Waals surface area contributed by atoms with Crippen LogP contribution in [0.5, 0.6) is 0 Å². The highest BCUT2D eigenvalue weighted by atomic mass is 35.5. The monoisotopic (exact) mass is 316 g/mol. The molecule has 0 aliphatic carbocycles. The SMILES string of the molecule is CC1CN(C)CCN1S(=O)(=O)Cc1ccc(CCl)cc1. The summed E-state index contributed by atoms with van der Waals surface area (Å²) >= 11 is 5.74. The van der Waals surface area contributed by atoms with Gasteiger partial charge in [-0.05, 0) is 25.1 Å². The molecule has 0 radical (unpaired) electrons. The summed E-state index contributed by atoms with van der Waals surface area (Å²) in [4.78, 5) is 2.16. The Balaban J connectivity index is 2.10. The second-order valence-electron chi connectivity index (χ2n) is 5.43. The molecule has 112 valence electrons. The van der Waals surface area contributed by atoms with E-state index in [1.807, 2.05) is 38.2 Å². The molecule has 0 bridgehead atoms. The van der Waals surface area contributed by atoms with Crippen LogP contribution in [0.3, 0.4) is 0 Å². The third-order valence-corrected chi connectivity index (χ3v) is 5.92. The van der Waals surface area contributed by atoms with Crippen LogP contribution in [0.1, 0.15) is 18.1 Å². The van der Waals surface area contributed by atoms with Crippen LogP contribution < -0.4 is 0 Å². The molecule has 2 rings (SSSR count). The molecule has 1 unspecified atom stereocenters. The third-order valence-electron chi connectivity index (χ3n) is 3.65. The Morgan fingerprint density at radius 1 is 1.20 bits per heavy atom. The van der Waals surface area contributed by atoms with Crippen LogP contribution in [0.4, 0.5) is 0 Å². The number of rotatable bonds is 4. The smallest absolute Gasteiger partial charge is 0.218 e. The second-order valence-corrected chi connectivity index (χ2v) is 7.62. The Bertz CT molecular complexity index is 545. The van der Waals surface area contributed by atoms with E-state index in [-0.39, 0.29) is 11.8 Å². The molecule has 4 nitrogen and oxygen atoms in total. The van der Waals surface area contributed by atoms with Gasteiger partial charge in [-0.1, -0.05) is 24.3 Å². The number of piperazine rings is 1. The van der Waals surface area contributed by atoms with E-state index in [2.05, 4.69) is 4.90 Å². The number of halogens is 1. The number of hydrogen-bond donors (Lipinski definition) is 0. The fourth-order valence-corrected chi connectivity index (χ4v) is 4.49. The predicted molar refractivity (Wildman–Crippen MR) is 82.3 cm³/mol. The quantitative estimate of drug-likeness (QED) is 0.797. The molecule has 1 aliphatic rings. The first-order valence-electron chi connectivity index (χ1n) is 6.74. The van der Waals surface area contributed by atoms with Gasteiger partial charge in [-0.3, -0.25) is 0 Å². The van der Waals surface area contributed by atoms with Gasteiger partial charge in [0.1, 0.15) is 0 Å². The van der Waals surface area contributed by atoms with E-state index in [4.69, 9.17) is 11.6 Å². The van der Waals surface area contributed by atoms with Crippen molar-refractivity contribution in [2.24, 2.45) is 0 Å². The van der Waals surface area contributed by atoms with E-state index < -0.39 is 10.0 Å². The molecule has 0 aromatic heterocycles. The first-order chi connectivity index (χ1) is 9.42. The topological polar surface area (TPSA) is 40.6 Å². The first kappa shape index (κ1) is 15.8. The Morgan fingerprint density at radius 3 is 2.35 bits per heavy atom. The van der Waals surface area contributed by atoms with Crippen molar-refractivity contribution in [3.05, 3.63) is 35.4 Å². The van der Waals surface area contributed by atoms with Crippen molar-refractivity contribution >= 4 is 21.6 Å². The largest absolute Gasteiger partial charge is 0.303 e. The highest BCUT2D eigenvalue weighted by Gasteiger charge is 2.31. The summed E-state index contributed by atoms with van der Waals surface area (Å²) in [6.45, 7) is 4.10. The van der Waals surface area contributed by atoms with Crippen molar-refractivity contribution < 1.29 is 8.42 Å². The van der Waals surface area contributed by atoms with Gasteiger partial charge < -0.3 is 4.90 Å². The van der Waals surface area contributed by atoms with E-state index in [1.54, 1.807) is 4.31 Å². The average Bonchev–Trinajstić information content (AvgIpc) is 2.38. The molecular weight excluding hydrogens is 296 g/mol. The number of hydrogen-bond acceptors (Lipinski definition) is 3. The van der Waals surface area contributed by atoms with Crippen LogP contribution in [0, 0.1) is 0 Å². The molecule has 1 atom stereocenters. The Labute approximate surface area is 126 Å². The van der Waals surface area contributed by atoms with Gasteiger partial charge in [-0.2, -0.15) is 4.31 Å². The zero-order valence-electron chi connectivity index (χ0n) is 11.9. The minimum atomic E-state index is -3.25. The summed E-state index contributed by atoms with van der Waals surface area (Å²) in [6, 6.07) is 7.48. The molecule has 1 aliphatic heterocycles. The zero-order chi connectivity index (χ0) is 14.8. The van der Waals surface area contributed by atoms with Crippen LogP contribution >= 0.6 is 11.6 Å². The van der Waals surface area contributed by atoms with Gasteiger partial charge in [0.05, 0.1) is 5.75 Å². The molecular formula is C14H21ClN2O2S. The zero-order valence-corrected chi connectivity index (χ0v) is 13.5. The van der Waals surface area contributed by atoms with E-state index >= 15 is 0 Å². The van der Waals surface area contributed by atoms with Gasteiger partial charge in [-0.15, -0.1) is 11.6 Å². The Morgan fingerprint density at radius 2 is 1.80 bits per heavy atom. The first-order valence-corrected chi connectivity index (χ1v) is 8.88. The number of likely N-dealkylation sites (N-methyl/N-ethyl adjacent to an activating group) is 1. The minimum absolute atomic E-state index is 0.0286. The second kappa shape index (κ2) is 6.43. The Hall–Kier alpha value is -0.620. The molecule has 1 aromatic carbocycles. The molecule has 20 heavy (non-hydrogen) atoms. The summed E-state index contributed by atoms with van der Waals surface area (Å²) in [6.07, 6.45) is 0. The maximum atomic E-state index is 12.5. The highest BCUT2D eigenvalue weighted by molar-refractivity contribution is 7.88. The summed E-state index contributed by atoms with van der Waals surface area (Å²) in [5.74, 6) is 0.506. The van der Waals surface area contributed by atoms with Gasteiger partial charge in [0, 0.05) is 31.6 Å². The van der Waals surface area contributed by atoms with Crippen molar-refractivity contribution in [3.8, 4) is 0 Å². The maximum absolute atomic E-state index is 12.5. The summed E-state index contributed by atoms with van der Waals surface area (Å²) in [7, 11) is -1.24. The van der Waals surface area contributed by atoms with Crippen LogP contribution in [-0.2, 0) is 21.7 Å². The molecule has 1 fully saturated rings. The lowest BCUT2D eigenvalue weighted by Crippen LogP contribution is -2.52. The molecule has 0 saturated carbocycles. The lowest BCUT2D eigenvalue weighted by molar-refractivity contribution is 0.170. The summed E-state index contributed by atoms with van der Waals surface area (Å²) in [5, 5.41) is 0. The average molecular weight is 317 g/mol. The lowest BCUT2D eigenvalue weighted by Gasteiger charge is -2.37. The Kier molecular flexibility index (Phi) is 5.07. The number of nitrogens with zero attached hydrogens (tertiary/aromatic N) is 2.